The van der Waals surface area contributed by atoms with E-state index in [0.29, 0.717) is 5.56 Å². The van der Waals surface area contributed by atoms with E-state index in [4.69, 9.17) is 4.74 Å². The van der Waals surface area contributed by atoms with E-state index >= 15 is 0 Å². The van der Waals surface area contributed by atoms with Crippen molar-refractivity contribution in [1.29, 1.82) is 0 Å². The molecule has 2 aromatic rings. The summed E-state index contributed by atoms with van der Waals surface area (Å²) in [4.78, 5) is 13.6. The van der Waals surface area contributed by atoms with Gasteiger partial charge in [-0.2, -0.15) is 0 Å². The zero-order valence-electron chi connectivity index (χ0n) is 13.0. The fourth-order valence-corrected chi connectivity index (χ4v) is 2.40. The summed E-state index contributed by atoms with van der Waals surface area (Å²) in [6.07, 6.45) is 0. The molecule has 0 saturated carbocycles. The van der Waals surface area contributed by atoms with Gasteiger partial charge < -0.3 is 9.64 Å². The first-order valence-corrected chi connectivity index (χ1v) is 6.96. The van der Waals surface area contributed by atoms with Gasteiger partial charge in [-0.25, -0.2) is 4.79 Å². The summed E-state index contributed by atoms with van der Waals surface area (Å²) in [6, 6.07) is 14.1. The lowest BCUT2D eigenvalue weighted by Crippen LogP contribution is -2.16. The number of benzene rings is 2. The van der Waals surface area contributed by atoms with Crippen LogP contribution in [0.1, 0.15) is 27.0 Å². The third kappa shape index (κ3) is 3.85. The van der Waals surface area contributed by atoms with Crippen LogP contribution in [-0.2, 0) is 11.3 Å². The smallest absolute Gasteiger partial charge is 0.337 e. The Balaban J connectivity index is 2.12. The average molecular weight is 283 g/mol. The fourth-order valence-electron chi connectivity index (χ4n) is 2.40. The molecule has 0 bridgehead atoms. The minimum Gasteiger partial charge on any atom is -0.465 e. The number of methoxy groups -OCH3 is 1. The first-order valence-electron chi connectivity index (χ1n) is 6.96. The summed E-state index contributed by atoms with van der Waals surface area (Å²) in [5, 5.41) is 0. The van der Waals surface area contributed by atoms with Gasteiger partial charge in [0.15, 0.2) is 0 Å². The molecule has 0 spiro atoms. The number of rotatable bonds is 4. The van der Waals surface area contributed by atoms with Crippen LogP contribution in [-0.4, -0.2) is 20.1 Å². The Kier molecular flexibility index (Phi) is 4.63. The molecule has 0 aliphatic rings. The first-order chi connectivity index (χ1) is 9.99. The molecule has 0 saturated heterocycles. The maximum Gasteiger partial charge on any atom is 0.337 e. The zero-order valence-corrected chi connectivity index (χ0v) is 13.0. The van der Waals surface area contributed by atoms with Crippen LogP contribution in [0.2, 0.25) is 0 Å². The van der Waals surface area contributed by atoms with Crippen molar-refractivity contribution in [3.05, 3.63) is 64.7 Å². The van der Waals surface area contributed by atoms with Gasteiger partial charge in [0.05, 0.1) is 12.7 Å². The van der Waals surface area contributed by atoms with Crippen LogP contribution < -0.4 is 4.90 Å². The van der Waals surface area contributed by atoms with Gasteiger partial charge in [0.2, 0.25) is 0 Å². The number of esters is 1. The van der Waals surface area contributed by atoms with E-state index in [1.165, 1.54) is 23.9 Å². The second-order valence-corrected chi connectivity index (χ2v) is 5.39. The van der Waals surface area contributed by atoms with Crippen LogP contribution in [0.15, 0.2) is 42.5 Å². The highest BCUT2D eigenvalue weighted by Gasteiger charge is 2.07. The molecule has 0 amide bonds. The van der Waals surface area contributed by atoms with Gasteiger partial charge in [-0.15, -0.1) is 0 Å². The van der Waals surface area contributed by atoms with E-state index in [-0.39, 0.29) is 5.97 Å². The molecule has 0 unspecified atom stereocenters. The van der Waals surface area contributed by atoms with Crippen LogP contribution in [0.4, 0.5) is 5.69 Å². The lowest BCUT2D eigenvalue weighted by atomic mass is 10.1. The van der Waals surface area contributed by atoms with Gasteiger partial charge in [0.1, 0.15) is 0 Å². The van der Waals surface area contributed by atoms with Gasteiger partial charge in [0, 0.05) is 19.3 Å². The number of hydrogen-bond acceptors (Lipinski definition) is 3. The predicted octanol–water partition coefficient (Wildman–Crippen LogP) is 3.73. The maximum atomic E-state index is 11.4. The topological polar surface area (TPSA) is 29.5 Å². The highest BCUT2D eigenvalue weighted by atomic mass is 16.5. The Hall–Kier alpha value is -2.29. The quantitative estimate of drug-likeness (QED) is 0.801. The Morgan fingerprint density at radius 1 is 1.05 bits per heavy atom. The summed E-state index contributed by atoms with van der Waals surface area (Å²) in [6.45, 7) is 5.01. The molecule has 0 aliphatic carbocycles. The first kappa shape index (κ1) is 15.1. The fraction of sp³-hybridized carbons (Fsp3) is 0.278. The number of ether oxygens (including phenoxy) is 1. The number of carbonyl (C=O) groups excluding carboxylic acids is 1. The Bertz CT molecular complexity index is 612. The molecule has 3 nitrogen and oxygen atoms in total. The van der Waals surface area contributed by atoms with Crippen LogP contribution in [0.25, 0.3) is 0 Å². The van der Waals surface area contributed by atoms with Crippen molar-refractivity contribution in [3.8, 4) is 0 Å². The molecule has 2 aromatic carbocycles. The molecular formula is C18H21NO2. The van der Waals surface area contributed by atoms with E-state index < -0.39 is 0 Å². The molecule has 0 radical (unpaired) electrons. The molecule has 0 aromatic heterocycles. The van der Waals surface area contributed by atoms with Crippen LogP contribution in [0, 0.1) is 13.8 Å². The molecule has 0 aliphatic heterocycles. The van der Waals surface area contributed by atoms with Crippen LogP contribution in [0.3, 0.4) is 0 Å². The minimum absolute atomic E-state index is 0.302. The standard InChI is InChI=1S/C18H21NO2/c1-13-9-14(2)11-17(10-13)19(3)12-15-5-7-16(8-6-15)18(20)21-4/h5-11H,12H2,1-4H3. The summed E-state index contributed by atoms with van der Waals surface area (Å²) >= 11 is 0. The third-order valence-corrected chi connectivity index (χ3v) is 3.44. The summed E-state index contributed by atoms with van der Waals surface area (Å²) in [5.41, 5.74) is 5.46. The van der Waals surface area contributed by atoms with Gasteiger partial charge in [0.25, 0.3) is 0 Å². The van der Waals surface area contributed by atoms with Crippen molar-refractivity contribution in [2.45, 2.75) is 20.4 Å². The number of hydrogen-bond donors (Lipinski definition) is 0. The largest absolute Gasteiger partial charge is 0.465 e. The van der Waals surface area contributed by atoms with Crippen molar-refractivity contribution < 1.29 is 9.53 Å². The van der Waals surface area contributed by atoms with Crippen molar-refractivity contribution in [3.63, 3.8) is 0 Å². The van der Waals surface area contributed by atoms with E-state index in [1.54, 1.807) is 12.1 Å². The second-order valence-electron chi connectivity index (χ2n) is 5.39. The Labute approximate surface area is 126 Å². The van der Waals surface area contributed by atoms with Gasteiger partial charge >= 0.3 is 5.97 Å². The highest BCUT2D eigenvalue weighted by Crippen LogP contribution is 2.19. The molecule has 21 heavy (non-hydrogen) atoms. The summed E-state index contributed by atoms with van der Waals surface area (Å²) in [5.74, 6) is -0.302. The third-order valence-electron chi connectivity index (χ3n) is 3.44. The van der Waals surface area contributed by atoms with Crippen molar-refractivity contribution in [2.75, 3.05) is 19.1 Å². The maximum absolute atomic E-state index is 11.4. The molecule has 0 fully saturated rings. The Morgan fingerprint density at radius 3 is 2.14 bits per heavy atom. The van der Waals surface area contributed by atoms with Crippen molar-refractivity contribution in [1.82, 2.24) is 0 Å². The molecule has 2 rings (SSSR count). The summed E-state index contributed by atoms with van der Waals surface area (Å²) in [7, 11) is 3.46. The zero-order chi connectivity index (χ0) is 15.4. The predicted molar refractivity (Wildman–Crippen MR) is 85.8 cm³/mol. The van der Waals surface area contributed by atoms with E-state index in [1.807, 2.05) is 12.1 Å². The summed E-state index contributed by atoms with van der Waals surface area (Å²) < 4.78 is 4.70. The van der Waals surface area contributed by atoms with E-state index in [2.05, 4.69) is 44.0 Å². The Morgan fingerprint density at radius 2 is 1.62 bits per heavy atom. The SMILES string of the molecule is COC(=O)c1ccc(CN(C)c2cc(C)cc(C)c2)cc1. The highest BCUT2D eigenvalue weighted by molar-refractivity contribution is 5.89. The van der Waals surface area contributed by atoms with Gasteiger partial charge in [-0.1, -0.05) is 18.2 Å². The monoisotopic (exact) mass is 283 g/mol. The number of anilines is 1. The molecule has 0 atom stereocenters. The normalized spacial score (nSPS) is 10.3. The molecule has 110 valence electrons. The van der Waals surface area contributed by atoms with Crippen LogP contribution in [0.5, 0.6) is 0 Å². The average Bonchev–Trinajstić information content (AvgIpc) is 2.46. The van der Waals surface area contributed by atoms with Crippen LogP contribution >= 0.6 is 0 Å². The number of nitrogens with zero attached hydrogens (tertiary/aromatic N) is 1. The van der Waals surface area contributed by atoms with E-state index in [9.17, 15) is 4.79 Å². The second kappa shape index (κ2) is 6.44. The van der Waals surface area contributed by atoms with Crippen molar-refractivity contribution >= 4 is 11.7 Å². The number of carbonyl (C=O) groups is 1. The number of aryl methyl sites for hydroxylation is 2. The van der Waals surface area contributed by atoms with Crippen molar-refractivity contribution in [2.24, 2.45) is 0 Å². The molecule has 0 heterocycles. The van der Waals surface area contributed by atoms with E-state index in [0.717, 1.165) is 12.1 Å². The molecule has 0 N–H and O–H groups in total. The lowest BCUT2D eigenvalue weighted by molar-refractivity contribution is 0.0600. The van der Waals surface area contributed by atoms with Gasteiger partial charge in [-0.05, 0) is 54.8 Å². The molecular weight excluding hydrogens is 262 g/mol. The lowest BCUT2D eigenvalue weighted by Gasteiger charge is -2.20. The molecule has 3 heteroatoms. The minimum atomic E-state index is -0.302. The van der Waals surface area contributed by atoms with Gasteiger partial charge in [-0.3, -0.25) is 0 Å².